The predicted octanol–water partition coefficient (Wildman–Crippen LogP) is 0.564. The van der Waals surface area contributed by atoms with Crippen molar-refractivity contribution in [1.29, 1.82) is 0 Å². The van der Waals surface area contributed by atoms with Gasteiger partial charge in [-0.25, -0.2) is 9.78 Å². The minimum Gasteiger partial charge on any atom is -0.479 e. The Morgan fingerprint density at radius 3 is 2.88 bits per heavy atom. The van der Waals surface area contributed by atoms with Crippen molar-refractivity contribution in [1.82, 2.24) is 10.3 Å². The molecule has 0 saturated heterocycles. The van der Waals surface area contributed by atoms with Gasteiger partial charge in [-0.05, 0) is 12.1 Å². The van der Waals surface area contributed by atoms with E-state index in [-0.39, 0.29) is 17.3 Å². The van der Waals surface area contributed by atoms with Gasteiger partial charge in [0.25, 0.3) is 5.91 Å². The lowest BCUT2D eigenvalue weighted by Crippen LogP contribution is -2.37. The van der Waals surface area contributed by atoms with Crippen LogP contribution in [-0.2, 0) is 9.53 Å². The van der Waals surface area contributed by atoms with Gasteiger partial charge in [0, 0.05) is 13.3 Å². The fourth-order valence-electron chi connectivity index (χ4n) is 1.11. The Hall–Kier alpha value is -1.66. The number of rotatable bonds is 5. The summed E-state index contributed by atoms with van der Waals surface area (Å²) in [4.78, 5) is 26.0. The molecule has 6 nitrogen and oxygen atoms in total. The molecule has 2 N–H and O–H groups in total. The van der Waals surface area contributed by atoms with E-state index in [1.165, 1.54) is 19.4 Å². The van der Waals surface area contributed by atoms with Gasteiger partial charge in [0.15, 0.2) is 6.10 Å². The molecule has 1 atom stereocenters. The zero-order valence-electron chi connectivity index (χ0n) is 9.01. The van der Waals surface area contributed by atoms with Crippen molar-refractivity contribution in [3.8, 4) is 0 Å². The molecule has 1 unspecified atom stereocenters. The van der Waals surface area contributed by atoms with Gasteiger partial charge in [-0.3, -0.25) is 4.79 Å². The van der Waals surface area contributed by atoms with Gasteiger partial charge in [-0.2, -0.15) is 0 Å². The molecule has 1 rings (SSSR count). The Kier molecular flexibility index (Phi) is 4.86. The highest BCUT2D eigenvalue weighted by atomic mass is 35.5. The number of nitrogens with zero attached hydrogens (tertiary/aromatic N) is 1. The summed E-state index contributed by atoms with van der Waals surface area (Å²) in [5.41, 5.74) is 0.189. The van der Waals surface area contributed by atoms with E-state index in [4.69, 9.17) is 16.7 Å². The van der Waals surface area contributed by atoms with E-state index >= 15 is 0 Å². The molecule has 0 radical (unpaired) electrons. The Morgan fingerprint density at radius 1 is 1.65 bits per heavy atom. The third kappa shape index (κ3) is 3.69. The third-order valence-electron chi connectivity index (χ3n) is 2.01. The van der Waals surface area contributed by atoms with Gasteiger partial charge in [-0.15, -0.1) is 0 Å². The first-order valence-corrected chi connectivity index (χ1v) is 5.08. The molecule has 0 aliphatic heterocycles. The fourth-order valence-corrected chi connectivity index (χ4v) is 1.31. The largest absolute Gasteiger partial charge is 0.479 e. The number of hydrogen-bond acceptors (Lipinski definition) is 4. The molecule has 0 spiro atoms. The molecular formula is C10H11ClN2O4. The van der Waals surface area contributed by atoms with Gasteiger partial charge in [-0.1, -0.05) is 11.6 Å². The summed E-state index contributed by atoms with van der Waals surface area (Å²) in [6.45, 7) is -0.143. The molecule has 17 heavy (non-hydrogen) atoms. The maximum absolute atomic E-state index is 11.6. The van der Waals surface area contributed by atoms with E-state index in [1.54, 1.807) is 6.07 Å². The average Bonchev–Trinajstić information content (AvgIpc) is 2.29. The van der Waals surface area contributed by atoms with Crippen LogP contribution in [0.25, 0.3) is 0 Å². The quantitative estimate of drug-likeness (QED) is 0.754. The zero-order chi connectivity index (χ0) is 12.8. The number of carbonyl (C=O) groups is 2. The first-order valence-electron chi connectivity index (χ1n) is 4.70. The Morgan fingerprint density at radius 2 is 2.35 bits per heavy atom. The number of amides is 1. The van der Waals surface area contributed by atoms with E-state index in [2.05, 4.69) is 15.0 Å². The molecule has 0 fully saturated rings. The second kappa shape index (κ2) is 6.17. The number of methoxy groups -OCH3 is 1. The molecule has 0 aliphatic rings. The predicted molar refractivity (Wildman–Crippen MR) is 60.0 cm³/mol. The lowest BCUT2D eigenvalue weighted by Gasteiger charge is -2.11. The SMILES string of the molecule is COC(CNC(=O)c1cccnc1Cl)C(=O)O. The minimum absolute atomic E-state index is 0.0642. The van der Waals surface area contributed by atoms with Crippen molar-refractivity contribution in [2.45, 2.75) is 6.10 Å². The number of hydrogen-bond donors (Lipinski definition) is 2. The fraction of sp³-hybridized carbons (Fsp3) is 0.300. The standard InChI is InChI=1S/C10H11ClN2O4/c1-17-7(10(15)16)5-13-9(14)6-3-2-4-12-8(6)11/h2-4,7H,5H2,1H3,(H,13,14)(H,15,16). The number of pyridine rings is 1. The number of nitrogens with one attached hydrogen (secondary N) is 1. The summed E-state index contributed by atoms with van der Waals surface area (Å²) in [6, 6.07) is 3.05. The van der Waals surface area contributed by atoms with Crippen LogP contribution in [0.3, 0.4) is 0 Å². The van der Waals surface area contributed by atoms with Crippen LogP contribution in [-0.4, -0.2) is 41.7 Å². The Labute approximate surface area is 103 Å². The zero-order valence-corrected chi connectivity index (χ0v) is 9.77. The molecule has 1 amide bonds. The number of carboxylic acid groups (broad SMARTS) is 1. The molecule has 1 aromatic rings. The summed E-state index contributed by atoms with van der Waals surface area (Å²) in [5, 5.41) is 11.2. The second-order valence-electron chi connectivity index (χ2n) is 3.11. The van der Waals surface area contributed by atoms with E-state index in [1.807, 2.05) is 0 Å². The summed E-state index contributed by atoms with van der Waals surface area (Å²) in [5.74, 6) is -1.64. The molecule has 1 heterocycles. The highest BCUT2D eigenvalue weighted by Crippen LogP contribution is 2.10. The van der Waals surface area contributed by atoms with Crippen molar-refractivity contribution < 1.29 is 19.4 Å². The molecule has 0 aliphatic carbocycles. The maximum Gasteiger partial charge on any atom is 0.334 e. The van der Waals surface area contributed by atoms with E-state index < -0.39 is 18.0 Å². The monoisotopic (exact) mass is 258 g/mol. The Bertz CT molecular complexity index is 425. The Balaban J connectivity index is 2.62. The number of aromatic nitrogens is 1. The van der Waals surface area contributed by atoms with Crippen LogP contribution in [0.2, 0.25) is 5.15 Å². The van der Waals surface area contributed by atoms with Crippen LogP contribution >= 0.6 is 11.6 Å². The number of carbonyl (C=O) groups excluding carboxylic acids is 1. The lowest BCUT2D eigenvalue weighted by molar-refractivity contribution is -0.147. The number of ether oxygens (including phenoxy) is 1. The first kappa shape index (κ1) is 13.4. The highest BCUT2D eigenvalue weighted by molar-refractivity contribution is 6.32. The van der Waals surface area contributed by atoms with Gasteiger partial charge in [0.2, 0.25) is 0 Å². The van der Waals surface area contributed by atoms with E-state index in [0.717, 1.165) is 0 Å². The van der Waals surface area contributed by atoms with Gasteiger partial charge in [0.05, 0.1) is 12.1 Å². The summed E-state index contributed by atoms with van der Waals surface area (Å²) >= 11 is 5.71. The van der Waals surface area contributed by atoms with Crippen molar-refractivity contribution in [3.05, 3.63) is 29.0 Å². The van der Waals surface area contributed by atoms with Crippen molar-refractivity contribution in [2.24, 2.45) is 0 Å². The minimum atomic E-state index is -1.15. The maximum atomic E-state index is 11.6. The van der Waals surface area contributed by atoms with Crippen LogP contribution < -0.4 is 5.32 Å². The van der Waals surface area contributed by atoms with Crippen LogP contribution in [0.1, 0.15) is 10.4 Å². The average molecular weight is 259 g/mol. The van der Waals surface area contributed by atoms with Crippen LogP contribution in [0.15, 0.2) is 18.3 Å². The molecule has 1 aromatic heterocycles. The smallest absolute Gasteiger partial charge is 0.334 e. The first-order chi connectivity index (χ1) is 8.06. The van der Waals surface area contributed by atoms with Gasteiger partial charge < -0.3 is 15.2 Å². The molecular weight excluding hydrogens is 248 g/mol. The van der Waals surface area contributed by atoms with Gasteiger partial charge in [0.1, 0.15) is 5.15 Å². The molecule has 0 bridgehead atoms. The lowest BCUT2D eigenvalue weighted by atomic mass is 10.2. The van der Waals surface area contributed by atoms with Crippen molar-refractivity contribution in [3.63, 3.8) is 0 Å². The molecule has 0 saturated carbocycles. The summed E-state index contributed by atoms with van der Waals surface area (Å²) in [7, 11) is 1.25. The molecule has 7 heteroatoms. The van der Waals surface area contributed by atoms with E-state index in [0.29, 0.717) is 0 Å². The van der Waals surface area contributed by atoms with Crippen LogP contribution in [0, 0.1) is 0 Å². The normalized spacial score (nSPS) is 11.9. The highest BCUT2D eigenvalue weighted by Gasteiger charge is 2.18. The topological polar surface area (TPSA) is 88.5 Å². The second-order valence-corrected chi connectivity index (χ2v) is 3.47. The van der Waals surface area contributed by atoms with Crippen molar-refractivity contribution in [2.75, 3.05) is 13.7 Å². The molecule has 0 aromatic carbocycles. The number of aliphatic carboxylic acids is 1. The van der Waals surface area contributed by atoms with Crippen LogP contribution in [0.4, 0.5) is 0 Å². The van der Waals surface area contributed by atoms with Crippen molar-refractivity contribution >= 4 is 23.5 Å². The van der Waals surface area contributed by atoms with Gasteiger partial charge >= 0.3 is 5.97 Å². The van der Waals surface area contributed by atoms with E-state index in [9.17, 15) is 9.59 Å². The summed E-state index contributed by atoms with van der Waals surface area (Å²) in [6.07, 6.45) is 0.364. The van der Waals surface area contributed by atoms with Crippen LogP contribution in [0.5, 0.6) is 0 Å². The molecule has 92 valence electrons. The third-order valence-corrected chi connectivity index (χ3v) is 2.31. The number of carboxylic acids is 1. The number of halogens is 1. The summed E-state index contributed by atoms with van der Waals surface area (Å²) < 4.78 is 4.67.